The second-order valence-corrected chi connectivity index (χ2v) is 9.29. The predicted octanol–water partition coefficient (Wildman–Crippen LogP) is 4.86. The van der Waals surface area contributed by atoms with Crippen molar-refractivity contribution in [2.24, 2.45) is 5.73 Å². The zero-order valence-electron chi connectivity index (χ0n) is 15.4. The Hall–Kier alpha value is -2.24. The molecule has 0 aromatic heterocycles. The van der Waals surface area contributed by atoms with Crippen LogP contribution in [0.1, 0.15) is 15.9 Å². The van der Waals surface area contributed by atoms with E-state index in [-0.39, 0.29) is 23.5 Å². The van der Waals surface area contributed by atoms with Crippen molar-refractivity contribution in [3.63, 3.8) is 0 Å². The lowest BCUT2D eigenvalue weighted by Crippen LogP contribution is -2.29. The maximum Gasteiger partial charge on any atom is 0.364 e. The summed E-state index contributed by atoms with van der Waals surface area (Å²) in [6, 6.07) is 17.9. The monoisotopic (exact) mass is 553 g/mol. The van der Waals surface area contributed by atoms with Crippen molar-refractivity contribution in [3.8, 4) is 0 Å². The molecule has 1 amide bonds. The number of halogens is 2. The van der Waals surface area contributed by atoms with Crippen molar-refractivity contribution in [2.75, 3.05) is 9.62 Å². The molecule has 7 nitrogen and oxygen atoms in total. The molecule has 0 aliphatic heterocycles. The Morgan fingerprint density at radius 1 is 0.967 bits per heavy atom. The highest BCUT2D eigenvalue weighted by molar-refractivity contribution is 9.10. The number of rotatable bonds is 6. The van der Waals surface area contributed by atoms with Gasteiger partial charge in [-0.3, -0.25) is 9.35 Å². The minimum Gasteiger partial charge on any atom is -0.326 e. The summed E-state index contributed by atoms with van der Waals surface area (Å²) in [6.07, 6.45) is 0. The highest BCUT2D eigenvalue weighted by Gasteiger charge is 2.28. The van der Waals surface area contributed by atoms with Gasteiger partial charge in [0, 0.05) is 21.2 Å². The number of benzene rings is 3. The molecule has 0 radical (unpaired) electrons. The number of carbonyl (C=O) groups excluding carboxylic acids is 1. The van der Waals surface area contributed by atoms with Crippen LogP contribution in [-0.4, -0.2) is 18.9 Å². The molecule has 0 bridgehead atoms. The first-order valence-corrected chi connectivity index (χ1v) is 11.6. The lowest BCUT2D eigenvalue weighted by molar-refractivity contribution is 0.102. The lowest BCUT2D eigenvalue weighted by Gasteiger charge is -2.25. The Morgan fingerprint density at radius 2 is 1.60 bits per heavy atom. The van der Waals surface area contributed by atoms with E-state index in [1.165, 1.54) is 18.2 Å². The molecule has 0 saturated carbocycles. The normalized spacial score (nSPS) is 11.2. The second-order valence-electron chi connectivity index (χ2n) is 6.20. The maximum absolute atomic E-state index is 13.0. The fourth-order valence-corrected chi connectivity index (χ4v) is 4.32. The molecule has 3 aromatic carbocycles. The summed E-state index contributed by atoms with van der Waals surface area (Å²) in [5.74, 6) is -0.549. The molecule has 30 heavy (non-hydrogen) atoms. The number of nitrogens with one attached hydrogen (secondary N) is 1. The average molecular weight is 555 g/mol. The molecule has 0 fully saturated rings. The molecular formula is C20H17Br2N3O4S. The van der Waals surface area contributed by atoms with Crippen LogP contribution in [0.25, 0.3) is 0 Å². The number of carbonyl (C=O) groups is 1. The van der Waals surface area contributed by atoms with Crippen LogP contribution in [0.4, 0.5) is 17.1 Å². The predicted molar refractivity (Wildman–Crippen MR) is 124 cm³/mol. The molecule has 0 atom stereocenters. The van der Waals surface area contributed by atoms with E-state index in [0.29, 0.717) is 20.0 Å². The minimum atomic E-state index is -4.77. The van der Waals surface area contributed by atoms with Crippen molar-refractivity contribution in [1.82, 2.24) is 0 Å². The quantitative estimate of drug-likeness (QED) is 0.376. The van der Waals surface area contributed by atoms with Gasteiger partial charge in [0.2, 0.25) is 0 Å². The van der Waals surface area contributed by atoms with Crippen LogP contribution in [-0.2, 0) is 16.8 Å². The van der Waals surface area contributed by atoms with Gasteiger partial charge in [-0.1, -0.05) is 50.1 Å². The van der Waals surface area contributed by atoms with Gasteiger partial charge in [-0.05, 0) is 54.1 Å². The third-order valence-electron chi connectivity index (χ3n) is 4.19. The zero-order chi connectivity index (χ0) is 21.9. The molecule has 0 unspecified atom stereocenters. The van der Waals surface area contributed by atoms with Gasteiger partial charge in [0.1, 0.15) is 0 Å². The van der Waals surface area contributed by atoms with E-state index in [9.17, 15) is 17.8 Å². The van der Waals surface area contributed by atoms with Crippen LogP contribution in [0.15, 0.2) is 75.7 Å². The number of hydrogen-bond donors (Lipinski definition) is 3. The van der Waals surface area contributed by atoms with Crippen LogP contribution in [0.3, 0.4) is 0 Å². The minimum absolute atomic E-state index is 0.0174. The highest BCUT2D eigenvalue weighted by atomic mass is 79.9. The Bertz CT molecular complexity index is 1180. The van der Waals surface area contributed by atoms with E-state index < -0.39 is 16.2 Å². The third-order valence-corrected chi connectivity index (χ3v) is 6.06. The number of para-hydroxylation sites is 1. The van der Waals surface area contributed by atoms with Gasteiger partial charge < -0.3 is 11.1 Å². The number of anilines is 3. The fourth-order valence-electron chi connectivity index (χ4n) is 2.86. The van der Waals surface area contributed by atoms with Crippen LogP contribution < -0.4 is 15.4 Å². The largest absolute Gasteiger partial charge is 0.364 e. The van der Waals surface area contributed by atoms with Crippen LogP contribution >= 0.6 is 31.9 Å². The van der Waals surface area contributed by atoms with Gasteiger partial charge in [0.25, 0.3) is 5.91 Å². The molecule has 4 N–H and O–H groups in total. The number of nitrogens with zero attached hydrogens (tertiary/aromatic N) is 1. The molecule has 0 saturated heterocycles. The van der Waals surface area contributed by atoms with E-state index in [4.69, 9.17) is 5.73 Å². The molecule has 0 aliphatic carbocycles. The summed E-state index contributed by atoms with van der Waals surface area (Å²) in [5.41, 5.74) is 6.94. The Labute approximate surface area is 191 Å². The molecule has 3 rings (SSSR count). The van der Waals surface area contributed by atoms with Gasteiger partial charge >= 0.3 is 10.3 Å². The van der Waals surface area contributed by atoms with E-state index >= 15 is 0 Å². The maximum atomic E-state index is 13.0. The van der Waals surface area contributed by atoms with Crippen LogP contribution in [0, 0.1) is 0 Å². The Kier molecular flexibility index (Phi) is 6.94. The van der Waals surface area contributed by atoms with Crippen molar-refractivity contribution in [2.45, 2.75) is 6.54 Å². The molecule has 156 valence electrons. The van der Waals surface area contributed by atoms with Crippen LogP contribution in [0.2, 0.25) is 0 Å². The van der Waals surface area contributed by atoms with Crippen molar-refractivity contribution in [1.29, 1.82) is 0 Å². The van der Waals surface area contributed by atoms with E-state index in [1.54, 1.807) is 48.5 Å². The zero-order valence-corrected chi connectivity index (χ0v) is 19.4. The number of amides is 1. The molecule has 10 heteroatoms. The van der Waals surface area contributed by atoms with Gasteiger partial charge in [0.15, 0.2) is 0 Å². The molecular weight excluding hydrogens is 538 g/mol. The van der Waals surface area contributed by atoms with E-state index in [1.807, 2.05) is 0 Å². The molecule has 0 aliphatic rings. The topological polar surface area (TPSA) is 113 Å². The number of hydrogen-bond acceptors (Lipinski definition) is 4. The molecule has 3 aromatic rings. The smallest absolute Gasteiger partial charge is 0.326 e. The summed E-state index contributed by atoms with van der Waals surface area (Å²) in [6.45, 7) is 0.0408. The van der Waals surface area contributed by atoms with Gasteiger partial charge in [-0.25, -0.2) is 4.31 Å². The second kappa shape index (κ2) is 9.27. The summed E-state index contributed by atoms with van der Waals surface area (Å²) in [5, 5.41) is 2.73. The standard InChI is InChI=1S/C20H17Br2N3O4S/c21-14-5-8-16(9-6-14)24-20(26)17-11-15(22)7-10-19(17)25(30(27,28)29)18-4-2-1-3-13(18)12-23/h1-11H,12,23H2,(H,24,26)(H,27,28,29). The van der Waals surface area contributed by atoms with Gasteiger partial charge in [-0.2, -0.15) is 8.42 Å². The summed E-state index contributed by atoms with van der Waals surface area (Å²) in [4.78, 5) is 13.0. The Balaban J connectivity index is 2.14. The van der Waals surface area contributed by atoms with E-state index in [0.717, 1.165) is 4.47 Å². The number of nitrogens with two attached hydrogens (primary N) is 1. The van der Waals surface area contributed by atoms with Gasteiger partial charge in [0.05, 0.1) is 16.9 Å². The van der Waals surface area contributed by atoms with E-state index in [2.05, 4.69) is 37.2 Å². The van der Waals surface area contributed by atoms with Crippen molar-refractivity contribution < 1.29 is 17.8 Å². The third kappa shape index (κ3) is 5.08. The van der Waals surface area contributed by atoms with Crippen molar-refractivity contribution in [3.05, 3.63) is 86.8 Å². The summed E-state index contributed by atoms with van der Waals surface area (Å²) in [7, 11) is -4.77. The summed E-state index contributed by atoms with van der Waals surface area (Å²) >= 11 is 6.63. The molecule has 0 heterocycles. The Morgan fingerprint density at radius 3 is 2.23 bits per heavy atom. The first-order valence-electron chi connectivity index (χ1n) is 8.63. The fraction of sp³-hybridized carbons (Fsp3) is 0.0500. The highest BCUT2D eigenvalue weighted by Crippen LogP contribution is 2.35. The van der Waals surface area contributed by atoms with Gasteiger partial charge in [-0.15, -0.1) is 0 Å². The summed E-state index contributed by atoms with van der Waals surface area (Å²) < 4.78 is 36.8. The van der Waals surface area contributed by atoms with Crippen LogP contribution in [0.5, 0.6) is 0 Å². The first kappa shape index (κ1) is 22.4. The first-order chi connectivity index (χ1) is 14.2. The average Bonchev–Trinajstić information content (AvgIpc) is 2.70. The van der Waals surface area contributed by atoms with Crippen molar-refractivity contribution >= 4 is 65.1 Å². The lowest BCUT2D eigenvalue weighted by atomic mass is 10.1. The SMILES string of the molecule is NCc1ccccc1N(c1ccc(Br)cc1C(=O)Nc1ccc(Br)cc1)S(=O)(=O)O. The molecule has 0 spiro atoms.